The van der Waals surface area contributed by atoms with Crippen LogP contribution in [0.2, 0.25) is 0 Å². The van der Waals surface area contributed by atoms with Crippen molar-refractivity contribution in [3.63, 3.8) is 0 Å². The number of carbonyl (C=O) groups excluding carboxylic acids is 2. The molecule has 11 heteroatoms. The number of hydrogen-bond donors (Lipinski definition) is 3. The normalized spacial score (nSPS) is 14.0. The van der Waals surface area contributed by atoms with Crippen LogP contribution in [-0.4, -0.2) is 47.1 Å². The van der Waals surface area contributed by atoms with Crippen molar-refractivity contribution in [3.8, 4) is 0 Å². The molecule has 0 bridgehead atoms. The van der Waals surface area contributed by atoms with E-state index in [0.29, 0.717) is 3.95 Å². The number of anilines is 1. The highest BCUT2D eigenvalue weighted by Gasteiger charge is 2.31. The number of carbonyl (C=O) groups is 2. The number of H-pyrrole nitrogens is 1. The van der Waals surface area contributed by atoms with Crippen LogP contribution in [0.4, 0.5) is 9.93 Å². The Labute approximate surface area is 142 Å². The van der Waals surface area contributed by atoms with E-state index >= 15 is 0 Å². The van der Waals surface area contributed by atoms with E-state index in [2.05, 4.69) is 25.6 Å². The molecule has 2 atom stereocenters. The van der Waals surface area contributed by atoms with Crippen LogP contribution < -0.4 is 10.6 Å². The Balaban J connectivity index is 2.68. The summed E-state index contributed by atoms with van der Waals surface area (Å²) in [7, 11) is 1.21. The van der Waals surface area contributed by atoms with Gasteiger partial charge in [0.05, 0.1) is 12.7 Å². The van der Waals surface area contributed by atoms with Crippen molar-refractivity contribution in [3.05, 3.63) is 3.95 Å². The number of aromatic nitrogens is 2. The zero-order chi connectivity index (χ0) is 17.6. The van der Waals surface area contributed by atoms with E-state index < -0.39 is 29.7 Å². The van der Waals surface area contributed by atoms with Crippen LogP contribution in [0.5, 0.6) is 0 Å². The summed E-state index contributed by atoms with van der Waals surface area (Å²) in [5, 5.41) is 11.5. The van der Waals surface area contributed by atoms with Crippen LogP contribution in [0.1, 0.15) is 27.7 Å². The first-order valence-corrected chi connectivity index (χ1v) is 7.90. The maximum atomic E-state index is 12.0. The molecule has 1 aromatic heterocycles. The summed E-state index contributed by atoms with van der Waals surface area (Å²) in [6.07, 6.45) is -0.773. The third-order valence-electron chi connectivity index (χ3n) is 2.32. The monoisotopic (exact) mass is 364 g/mol. The molecule has 0 aliphatic heterocycles. The fourth-order valence-corrected chi connectivity index (χ4v) is 2.11. The molecule has 130 valence electrons. The largest absolute Gasteiger partial charge is 0.467 e. The molecule has 0 fully saturated rings. The first kappa shape index (κ1) is 19.5. The highest BCUT2D eigenvalue weighted by Crippen LogP contribution is 2.13. The molecule has 0 aliphatic carbocycles. The van der Waals surface area contributed by atoms with Crippen molar-refractivity contribution in [2.24, 2.45) is 0 Å². The van der Waals surface area contributed by atoms with E-state index in [1.54, 1.807) is 27.7 Å². The number of amides is 2. The molecule has 0 saturated carbocycles. The first-order chi connectivity index (χ1) is 10.6. The van der Waals surface area contributed by atoms with E-state index in [9.17, 15) is 9.59 Å². The lowest BCUT2D eigenvalue weighted by Gasteiger charge is -2.25. The number of aromatic amines is 1. The molecule has 23 heavy (non-hydrogen) atoms. The fraction of sp³-hybridized carbons (Fsp3) is 0.667. The fourth-order valence-electron chi connectivity index (χ4n) is 1.33. The summed E-state index contributed by atoms with van der Waals surface area (Å²) in [4.78, 5) is 34.1. The zero-order valence-corrected chi connectivity index (χ0v) is 15.1. The molecule has 0 spiro atoms. The van der Waals surface area contributed by atoms with Crippen molar-refractivity contribution < 1.29 is 24.1 Å². The average Bonchev–Trinajstić information content (AvgIpc) is 2.85. The van der Waals surface area contributed by atoms with Crippen molar-refractivity contribution in [2.75, 3.05) is 12.4 Å². The number of nitrogens with zero attached hydrogens (tertiary/aromatic N) is 1. The van der Waals surface area contributed by atoms with Gasteiger partial charge < -0.3 is 10.1 Å². The number of esters is 1. The van der Waals surface area contributed by atoms with Gasteiger partial charge in [0.1, 0.15) is 6.10 Å². The van der Waals surface area contributed by atoms with Crippen molar-refractivity contribution >= 4 is 40.7 Å². The average molecular weight is 364 g/mol. The summed E-state index contributed by atoms with van der Waals surface area (Å²) < 4.78 is 5.08. The molecule has 0 aromatic carbocycles. The predicted octanol–water partition coefficient (Wildman–Crippen LogP) is 2.00. The van der Waals surface area contributed by atoms with Gasteiger partial charge in [-0.05, 0) is 39.9 Å². The standard InChI is InChI=1S/C12H20N4O5S2/c1-6(20-21-12(2,3)4)7(8(17)19-5)13-9(18)14-10-15-16-11(22)23-10/h6-7H,1-5H3,(H,16,22)(H2,13,14,15,18)/t6?,7-/m0/s1. The van der Waals surface area contributed by atoms with Crippen molar-refractivity contribution in [1.82, 2.24) is 15.5 Å². The van der Waals surface area contributed by atoms with Gasteiger partial charge in [0.15, 0.2) is 10.00 Å². The first-order valence-electron chi connectivity index (χ1n) is 6.67. The summed E-state index contributed by atoms with van der Waals surface area (Å²) in [6.45, 7) is 6.95. The van der Waals surface area contributed by atoms with Gasteiger partial charge in [-0.3, -0.25) is 10.4 Å². The molecular weight excluding hydrogens is 344 g/mol. The number of nitrogens with one attached hydrogen (secondary N) is 3. The molecule has 2 amide bonds. The van der Waals surface area contributed by atoms with Gasteiger partial charge in [-0.1, -0.05) is 11.3 Å². The Morgan fingerprint density at radius 1 is 1.39 bits per heavy atom. The molecule has 1 rings (SSSR count). The Hall–Kier alpha value is -1.56. The molecule has 1 unspecified atom stereocenters. The Bertz CT molecular complexity index is 595. The number of methoxy groups -OCH3 is 1. The van der Waals surface area contributed by atoms with Crippen LogP contribution in [0.3, 0.4) is 0 Å². The van der Waals surface area contributed by atoms with Gasteiger partial charge in [-0.25, -0.2) is 19.4 Å². The number of urea groups is 1. The van der Waals surface area contributed by atoms with Gasteiger partial charge >= 0.3 is 12.0 Å². The number of rotatable bonds is 6. The second-order valence-corrected chi connectivity index (χ2v) is 7.18. The molecule has 1 heterocycles. The number of ether oxygens (including phenoxy) is 1. The molecule has 9 nitrogen and oxygen atoms in total. The highest BCUT2D eigenvalue weighted by atomic mass is 32.1. The summed E-state index contributed by atoms with van der Waals surface area (Å²) in [5.41, 5.74) is -0.562. The van der Waals surface area contributed by atoms with Gasteiger partial charge in [0.25, 0.3) is 0 Å². The molecule has 0 saturated heterocycles. The predicted molar refractivity (Wildman–Crippen MR) is 86.6 cm³/mol. The highest BCUT2D eigenvalue weighted by molar-refractivity contribution is 7.73. The lowest BCUT2D eigenvalue weighted by atomic mass is 10.2. The Kier molecular flexibility index (Phi) is 7.06. The van der Waals surface area contributed by atoms with Crippen LogP contribution in [0.25, 0.3) is 0 Å². The van der Waals surface area contributed by atoms with Crippen LogP contribution in [0, 0.1) is 3.95 Å². The van der Waals surface area contributed by atoms with E-state index in [1.807, 2.05) is 0 Å². The second kappa shape index (κ2) is 8.34. The minimum atomic E-state index is -1.06. The Morgan fingerprint density at radius 2 is 2.04 bits per heavy atom. The Morgan fingerprint density at radius 3 is 2.52 bits per heavy atom. The van der Waals surface area contributed by atoms with E-state index in [4.69, 9.17) is 22.0 Å². The van der Waals surface area contributed by atoms with Gasteiger partial charge in [-0.2, -0.15) is 0 Å². The van der Waals surface area contributed by atoms with Crippen LogP contribution in [0.15, 0.2) is 0 Å². The minimum absolute atomic E-state index is 0.274. The van der Waals surface area contributed by atoms with Crippen LogP contribution >= 0.6 is 23.6 Å². The van der Waals surface area contributed by atoms with Gasteiger partial charge in [0.2, 0.25) is 5.13 Å². The molecule has 0 aliphatic rings. The molecule has 3 N–H and O–H groups in total. The number of hydrogen-bond acceptors (Lipinski definition) is 8. The quantitative estimate of drug-likeness (QED) is 0.306. The van der Waals surface area contributed by atoms with E-state index in [-0.39, 0.29) is 5.13 Å². The van der Waals surface area contributed by atoms with Gasteiger partial charge in [0, 0.05) is 0 Å². The third kappa shape index (κ3) is 7.03. The summed E-state index contributed by atoms with van der Waals surface area (Å²) in [6, 6.07) is -1.71. The summed E-state index contributed by atoms with van der Waals surface area (Å²) in [5.74, 6) is -0.667. The molecule has 0 radical (unpaired) electrons. The second-order valence-electron chi connectivity index (χ2n) is 5.51. The van der Waals surface area contributed by atoms with Crippen molar-refractivity contribution in [1.29, 1.82) is 0 Å². The maximum absolute atomic E-state index is 12.0. The minimum Gasteiger partial charge on any atom is -0.467 e. The molecular formula is C12H20N4O5S2. The SMILES string of the molecule is COC(=O)[C@@H](NC(=O)Nc1n[nH]c(=S)s1)C(C)OOC(C)(C)C. The van der Waals surface area contributed by atoms with E-state index in [1.165, 1.54) is 7.11 Å². The van der Waals surface area contributed by atoms with Crippen LogP contribution in [-0.2, 0) is 19.3 Å². The lowest BCUT2D eigenvalue weighted by molar-refractivity contribution is -0.372. The van der Waals surface area contributed by atoms with Crippen molar-refractivity contribution in [2.45, 2.75) is 45.4 Å². The zero-order valence-electron chi connectivity index (χ0n) is 13.5. The smallest absolute Gasteiger partial charge is 0.331 e. The molecule has 1 aromatic rings. The maximum Gasteiger partial charge on any atom is 0.331 e. The lowest BCUT2D eigenvalue weighted by Crippen LogP contribution is -2.51. The van der Waals surface area contributed by atoms with E-state index in [0.717, 1.165) is 11.3 Å². The topological polar surface area (TPSA) is 115 Å². The third-order valence-corrected chi connectivity index (χ3v) is 3.32. The van der Waals surface area contributed by atoms with Gasteiger partial charge in [-0.15, -0.1) is 5.10 Å². The summed E-state index contributed by atoms with van der Waals surface area (Å²) >= 11 is 5.95.